The van der Waals surface area contributed by atoms with Gasteiger partial charge in [0, 0.05) is 13.1 Å². The van der Waals surface area contributed by atoms with Gasteiger partial charge in [-0.3, -0.25) is 14.5 Å². The molecule has 86 valence electrons. The van der Waals surface area contributed by atoms with Gasteiger partial charge in [-0.1, -0.05) is 0 Å². The number of aliphatic hydroxyl groups is 2. The molecule has 0 spiro atoms. The number of carboxylic acids is 2. The molecule has 4 N–H and O–H groups in total. The monoisotopic (exact) mass is 219 g/mol. The molecule has 0 bridgehead atoms. The van der Waals surface area contributed by atoms with Gasteiger partial charge >= 0.3 is 11.9 Å². The average molecular weight is 219 g/mol. The largest absolute Gasteiger partial charge is 0.481 e. The van der Waals surface area contributed by atoms with E-state index in [0.29, 0.717) is 0 Å². The Labute approximate surface area is 85.5 Å². The maximum atomic E-state index is 10.8. The summed E-state index contributed by atoms with van der Waals surface area (Å²) >= 11 is 0. The lowest BCUT2D eigenvalue weighted by molar-refractivity contribution is -0.147. The van der Waals surface area contributed by atoms with Gasteiger partial charge < -0.3 is 20.4 Å². The van der Waals surface area contributed by atoms with E-state index in [1.54, 1.807) is 0 Å². The molecule has 15 heavy (non-hydrogen) atoms. The van der Waals surface area contributed by atoms with Gasteiger partial charge in [-0.15, -0.1) is 0 Å². The zero-order valence-electron chi connectivity index (χ0n) is 7.91. The van der Waals surface area contributed by atoms with Crippen LogP contribution in [0.4, 0.5) is 0 Å². The van der Waals surface area contributed by atoms with Gasteiger partial charge in [0.1, 0.15) is 12.1 Å². The fraction of sp³-hybridized carbons (Fsp3) is 0.750. The Morgan fingerprint density at radius 1 is 1.27 bits per heavy atom. The molecule has 1 fully saturated rings. The van der Waals surface area contributed by atoms with Gasteiger partial charge in [0.15, 0.2) is 0 Å². The number of carboxylic acid groups (broad SMARTS) is 2. The van der Waals surface area contributed by atoms with Crippen molar-refractivity contribution in [3.8, 4) is 0 Å². The topological polar surface area (TPSA) is 118 Å². The first-order valence-corrected chi connectivity index (χ1v) is 4.48. The molecule has 0 aromatic rings. The van der Waals surface area contributed by atoms with Gasteiger partial charge in [0.05, 0.1) is 12.5 Å². The van der Waals surface area contributed by atoms with Crippen molar-refractivity contribution in [1.29, 1.82) is 0 Å². The molecule has 1 aliphatic rings. The summed E-state index contributed by atoms with van der Waals surface area (Å²) in [5.74, 6) is -2.31. The number of aliphatic hydroxyl groups excluding tert-OH is 2. The van der Waals surface area contributed by atoms with E-state index < -0.39 is 30.2 Å². The van der Waals surface area contributed by atoms with E-state index in [0.717, 1.165) is 0 Å². The predicted molar refractivity (Wildman–Crippen MR) is 47.3 cm³/mol. The van der Waals surface area contributed by atoms with Crippen molar-refractivity contribution in [3.63, 3.8) is 0 Å². The van der Waals surface area contributed by atoms with Crippen molar-refractivity contribution in [2.45, 2.75) is 24.7 Å². The molecule has 0 amide bonds. The van der Waals surface area contributed by atoms with Gasteiger partial charge in [0.25, 0.3) is 0 Å². The lowest BCUT2D eigenvalue weighted by atomic mass is 10.1. The normalized spacial score (nSPS) is 31.7. The van der Waals surface area contributed by atoms with Gasteiger partial charge in [-0.25, -0.2) is 0 Å². The first-order chi connectivity index (χ1) is 6.93. The van der Waals surface area contributed by atoms with Crippen molar-refractivity contribution >= 4 is 11.9 Å². The van der Waals surface area contributed by atoms with E-state index >= 15 is 0 Å². The molecular weight excluding hydrogens is 206 g/mol. The highest BCUT2D eigenvalue weighted by Crippen LogP contribution is 2.19. The first kappa shape index (κ1) is 11.9. The number of carbonyl (C=O) groups is 2. The highest BCUT2D eigenvalue weighted by Gasteiger charge is 2.44. The number of hydrogen-bond donors (Lipinski definition) is 4. The number of β-amino-alcohol motifs (C(OH)–C–C–N with tert-alkyl or cyclic N) is 1. The van der Waals surface area contributed by atoms with Crippen LogP contribution in [0.5, 0.6) is 0 Å². The second-order valence-corrected chi connectivity index (χ2v) is 3.48. The van der Waals surface area contributed by atoms with Crippen molar-refractivity contribution in [2.75, 3.05) is 13.1 Å². The summed E-state index contributed by atoms with van der Waals surface area (Å²) < 4.78 is 0. The van der Waals surface area contributed by atoms with Crippen LogP contribution < -0.4 is 0 Å². The third-order valence-corrected chi connectivity index (χ3v) is 2.40. The summed E-state index contributed by atoms with van der Waals surface area (Å²) in [6.45, 7) is -0.0220. The fourth-order valence-electron chi connectivity index (χ4n) is 1.66. The fourth-order valence-corrected chi connectivity index (χ4v) is 1.66. The molecule has 1 saturated heterocycles. The van der Waals surface area contributed by atoms with Crippen molar-refractivity contribution in [1.82, 2.24) is 4.90 Å². The Kier molecular flexibility index (Phi) is 3.61. The third-order valence-electron chi connectivity index (χ3n) is 2.40. The minimum atomic E-state index is -1.36. The quantitative estimate of drug-likeness (QED) is 0.429. The summed E-state index contributed by atoms with van der Waals surface area (Å²) in [5.41, 5.74) is 0. The van der Waals surface area contributed by atoms with Gasteiger partial charge in [-0.2, -0.15) is 0 Å². The molecule has 0 aromatic carbocycles. The number of hydrogen-bond acceptors (Lipinski definition) is 5. The van der Waals surface area contributed by atoms with Crippen molar-refractivity contribution < 1.29 is 30.0 Å². The maximum absolute atomic E-state index is 10.8. The van der Waals surface area contributed by atoms with E-state index in [4.69, 9.17) is 10.2 Å². The van der Waals surface area contributed by atoms with E-state index in [9.17, 15) is 19.8 Å². The zero-order chi connectivity index (χ0) is 11.6. The number of likely N-dealkylation sites (tertiary alicyclic amines) is 1. The number of nitrogens with zero attached hydrogens (tertiary/aromatic N) is 1. The van der Waals surface area contributed by atoms with Crippen LogP contribution in [-0.4, -0.2) is 68.6 Å². The van der Waals surface area contributed by atoms with E-state index in [2.05, 4.69) is 0 Å². The molecule has 0 aromatic heterocycles. The van der Waals surface area contributed by atoms with E-state index in [1.165, 1.54) is 4.90 Å². The van der Waals surface area contributed by atoms with Crippen LogP contribution in [0.25, 0.3) is 0 Å². The van der Waals surface area contributed by atoms with Crippen LogP contribution in [0.2, 0.25) is 0 Å². The number of rotatable bonds is 4. The summed E-state index contributed by atoms with van der Waals surface area (Å²) in [4.78, 5) is 22.3. The average Bonchev–Trinajstić information content (AvgIpc) is 2.39. The molecule has 1 aliphatic heterocycles. The molecule has 0 radical (unpaired) electrons. The molecule has 1 heterocycles. The molecular formula is C8H13NO6. The molecule has 0 aliphatic carbocycles. The van der Waals surface area contributed by atoms with Crippen LogP contribution >= 0.6 is 0 Å². The molecule has 7 nitrogen and oxygen atoms in total. The Bertz CT molecular complexity index is 268. The minimum Gasteiger partial charge on any atom is -0.481 e. The highest BCUT2D eigenvalue weighted by atomic mass is 16.4. The number of aliphatic carboxylic acids is 2. The Balaban J connectivity index is 2.62. The van der Waals surface area contributed by atoms with Crippen LogP contribution in [0.15, 0.2) is 0 Å². The lowest BCUT2D eigenvalue weighted by Crippen LogP contribution is -2.43. The Morgan fingerprint density at radius 3 is 2.33 bits per heavy atom. The molecule has 1 rings (SSSR count). The minimum absolute atomic E-state index is 0.000417. The summed E-state index contributed by atoms with van der Waals surface area (Å²) in [6.07, 6.45) is -2.72. The van der Waals surface area contributed by atoms with Crippen LogP contribution in [0, 0.1) is 0 Å². The third kappa shape index (κ3) is 2.65. The van der Waals surface area contributed by atoms with Crippen LogP contribution in [0.3, 0.4) is 0 Å². The summed E-state index contributed by atoms with van der Waals surface area (Å²) in [7, 11) is 0. The van der Waals surface area contributed by atoms with E-state index in [-0.39, 0.29) is 19.5 Å². The smallest absolute Gasteiger partial charge is 0.323 e. The van der Waals surface area contributed by atoms with Crippen molar-refractivity contribution in [2.24, 2.45) is 0 Å². The standard InChI is InChI=1S/C8H13NO6/c10-4-3-9(2-1-5(11)12)6(7(4)13)8(14)15/h4,6-7,10,13H,1-3H2,(H,11,12)(H,14,15)/t4-,6+,7+/m1/s1. The van der Waals surface area contributed by atoms with Crippen LogP contribution in [-0.2, 0) is 9.59 Å². The Morgan fingerprint density at radius 2 is 1.87 bits per heavy atom. The zero-order valence-corrected chi connectivity index (χ0v) is 7.91. The highest BCUT2D eigenvalue weighted by molar-refractivity contribution is 5.75. The molecule has 3 atom stereocenters. The summed E-state index contributed by atoms with van der Waals surface area (Å²) in [6, 6.07) is -1.22. The molecule has 7 heteroatoms. The second kappa shape index (κ2) is 4.56. The van der Waals surface area contributed by atoms with Crippen LogP contribution in [0.1, 0.15) is 6.42 Å². The predicted octanol–water partition coefficient (Wildman–Crippen LogP) is -2.05. The SMILES string of the molecule is O=C(O)CCN1C[C@@H](O)[C@H](O)[C@H]1C(=O)O. The summed E-state index contributed by atoms with van der Waals surface area (Å²) in [5, 5.41) is 35.8. The Hall–Kier alpha value is -1.18. The first-order valence-electron chi connectivity index (χ1n) is 4.48. The molecule has 0 unspecified atom stereocenters. The second-order valence-electron chi connectivity index (χ2n) is 3.48. The van der Waals surface area contributed by atoms with E-state index in [1.807, 2.05) is 0 Å². The lowest BCUT2D eigenvalue weighted by Gasteiger charge is -2.20. The van der Waals surface area contributed by atoms with Gasteiger partial charge in [0.2, 0.25) is 0 Å². The van der Waals surface area contributed by atoms with Crippen molar-refractivity contribution in [3.05, 3.63) is 0 Å². The van der Waals surface area contributed by atoms with Gasteiger partial charge in [-0.05, 0) is 0 Å². The molecule has 0 saturated carbocycles. The maximum Gasteiger partial charge on any atom is 0.323 e.